The van der Waals surface area contributed by atoms with Gasteiger partial charge in [-0.05, 0) is 47.0 Å². The van der Waals surface area contributed by atoms with E-state index in [1.165, 1.54) is 22.7 Å². The van der Waals surface area contributed by atoms with Gasteiger partial charge in [0.05, 0.1) is 22.0 Å². The van der Waals surface area contributed by atoms with Gasteiger partial charge >= 0.3 is 0 Å². The number of carbonyl (C=O) groups excluding carboxylic acids is 1. The summed E-state index contributed by atoms with van der Waals surface area (Å²) in [6, 6.07) is 5.88. The lowest BCUT2D eigenvalue weighted by Crippen LogP contribution is -2.36. The number of rotatable bonds is 7. The van der Waals surface area contributed by atoms with Crippen LogP contribution in [0.3, 0.4) is 0 Å². The van der Waals surface area contributed by atoms with Crippen LogP contribution in [0.2, 0.25) is 0 Å². The SMILES string of the molecule is CCOc1cccc2sc(N(CCN(C)C)C(=O)c3sc(C)nc3C)nc12. The molecule has 0 unspecified atom stereocenters. The van der Waals surface area contributed by atoms with Gasteiger partial charge in [0, 0.05) is 13.1 Å². The molecule has 0 aliphatic carbocycles. The summed E-state index contributed by atoms with van der Waals surface area (Å²) in [4.78, 5) is 27.0. The maximum absolute atomic E-state index is 13.3. The van der Waals surface area contributed by atoms with Gasteiger partial charge in [0.2, 0.25) is 0 Å². The van der Waals surface area contributed by atoms with E-state index in [-0.39, 0.29) is 5.91 Å². The van der Waals surface area contributed by atoms with Gasteiger partial charge in [-0.15, -0.1) is 11.3 Å². The van der Waals surface area contributed by atoms with Gasteiger partial charge < -0.3 is 9.64 Å². The smallest absolute Gasteiger partial charge is 0.272 e. The normalized spacial score (nSPS) is 11.3. The standard InChI is InChI=1S/C19H24N4O2S2/c1-6-25-14-8-7-9-15-16(14)21-19(27-15)23(11-10-22(4)5)18(24)17-12(2)20-13(3)26-17/h7-9H,6,10-11H2,1-5H3. The van der Waals surface area contributed by atoms with Crippen LogP contribution in [0.5, 0.6) is 5.75 Å². The number of carbonyl (C=O) groups is 1. The Kier molecular flexibility index (Phi) is 6.08. The van der Waals surface area contributed by atoms with Crippen LogP contribution in [0.15, 0.2) is 18.2 Å². The lowest BCUT2D eigenvalue weighted by atomic mass is 10.3. The minimum Gasteiger partial charge on any atom is -0.492 e. The number of thiazole rings is 2. The van der Waals surface area contributed by atoms with Crippen LogP contribution in [0.1, 0.15) is 27.3 Å². The Morgan fingerprint density at radius 3 is 2.56 bits per heavy atom. The maximum Gasteiger partial charge on any atom is 0.272 e. The van der Waals surface area contributed by atoms with Crippen LogP contribution in [0.4, 0.5) is 5.13 Å². The maximum atomic E-state index is 13.3. The fourth-order valence-corrected chi connectivity index (χ4v) is 4.61. The molecule has 0 bridgehead atoms. The van der Waals surface area contributed by atoms with Crippen molar-refractivity contribution in [3.63, 3.8) is 0 Å². The van der Waals surface area contributed by atoms with Crippen molar-refractivity contribution in [1.82, 2.24) is 14.9 Å². The molecule has 0 atom stereocenters. The van der Waals surface area contributed by atoms with Gasteiger partial charge in [0.1, 0.15) is 16.1 Å². The largest absolute Gasteiger partial charge is 0.492 e. The average Bonchev–Trinajstić information content (AvgIpc) is 3.18. The molecule has 144 valence electrons. The van der Waals surface area contributed by atoms with E-state index in [4.69, 9.17) is 9.72 Å². The number of hydrogen-bond acceptors (Lipinski definition) is 7. The molecule has 0 spiro atoms. The molecule has 0 N–H and O–H groups in total. The second-order valence-electron chi connectivity index (χ2n) is 6.44. The highest BCUT2D eigenvalue weighted by Gasteiger charge is 2.25. The zero-order chi connectivity index (χ0) is 19.6. The first kappa shape index (κ1) is 19.7. The Labute approximate surface area is 167 Å². The molecule has 0 saturated heterocycles. The Balaban J connectivity index is 2.02. The van der Waals surface area contributed by atoms with Crippen LogP contribution < -0.4 is 9.64 Å². The Bertz CT molecular complexity index is 948. The van der Waals surface area contributed by atoms with E-state index in [2.05, 4.69) is 9.88 Å². The molecule has 3 rings (SSSR count). The summed E-state index contributed by atoms with van der Waals surface area (Å²) in [5.41, 5.74) is 1.58. The number of likely N-dealkylation sites (N-methyl/N-ethyl adjacent to an activating group) is 1. The fraction of sp³-hybridized carbons (Fsp3) is 0.421. The van der Waals surface area contributed by atoms with Gasteiger partial charge in [-0.25, -0.2) is 9.97 Å². The summed E-state index contributed by atoms with van der Waals surface area (Å²) < 4.78 is 6.71. The number of hydrogen-bond donors (Lipinski definition) is 0. The molecule has 0 fully saturated rings. The molecule has 6 nitrogen and oxygen atoms in total. The number of fused-ring (bicyclic) bond motifs is 1. The van der Waals surface area contributed by atoms with Crippen LogP contribution in [-0.2, 0) is 0 Å². The summed E-state index contributed by atoms with van der Waals surface area (Å²) in [5.74, 6) is 0.708. The van der Waals surface area contributed by atoms with E-state index in [9.17, 15) is 4.79 Å². The third-order valence-electron chi connectivity index (χ3n) is 4.02. The molecule has 3 aromatic rings. The number of anilines is 1. The molecule has 0 saturated carbocycles. The number of amides is 1. The van der Waals surface area contributed by atoms with E-state index in [0.717, 1.165) is 33.2 Å². The summed E-state index contributed by atoms with van der Waals surface area (Å²) in [7, 11) is 3.99. The summed E-state index contributed by atoms with van der Waals surface area (Å²) >= 11 is 2.95. The fourth-order valence-electron chi connectivity index (χ4n) is 2.74. The minimum absolute atomic E-state index is 0.0445. The third kappa shape index (κ3) is 4.28. The molecule has 1 amide bonds. The van der Waals surface area contributed by atoms with Crippen molar-refractivity contribution in [3.8, 4) is 5.75 Å². The van der Waals surface area contributed by atoms with Gasteiger partial charge in [0.25, 0.3) is 5.91 Å². The predicted octanol–water partition coefficient (Wildman–Crippen LogP) is 3.98. The first-order valence-electron chi connectivity index (χ1n) is 8.83. The summed E-state index contributed by atoms with van der Waals surface area (Å²) in [6.45, 7) is 7.64. The molecular formula is C19H24N4O2S2. The first-order chi connectivity index (χ1) is 12.9. The summed E-state index contributed by atoms with van der Waals surface area (Å²) in [6.07, 6.45) is 0. The van der Waals surface area contributed by atoms with Crippen LogP contribution in [0.25, 0.3) is 10.2 Å². The van der Waals surface area contributed by atoms with Gasteiger partial charge in [-0.2, -0.15) is 0 Å². The van der Waals surface area contributed by atoms with E-state index < -0.39 is 0 Å². The lowest BCUT2D eigenvalue weighted by molar-refractivity contribution is 0.0988. The van der Waals surface area contributed by atoms with Crippen molar-refractivity contribution in [1.29, 1.82) is 0 Å². The monoisotopic (exact) mass is 404 g/mol. The number of para-hydroxylation sites is 1. The Morgan fingerprint density at radius 1 is 1.15 bits per heavy atom. The van der Waals surface area contributed by atoms with E-state index in [1.54, 1.807) is 4.90 Å². The van der Waals surface area contributed by atoms with Crippen LogP contribution in [-0.4, -0.2) is 54.6 Å². The highest BCUT2D eigenvalue weighted by Crippen LogP contribution is 2.35. The highest BCUT2D eigenvalue weighted by molar-refractivity contribution is 7.22. The first-order valence-corrected chi connectivity index (χ1v) is 10.5. The molecule has 2 heterocycles. The topological polar surface area (TPSA) is 58.6 Å². The molecule has 0 aliphatic heterocycles. The van der Waals surface area contributed by atoms with Crippen molar-refractivity contribution in [2.45, 2.75) is 20.8 Å². The third-order valence-corrected chi connectivity index (χ3v) is 6.12. The van der Waals surface area contributed by atoms with Crippen LogP contribution >= 0.6 is 22.7 Å². The van der Waals surface area contributed by atoms with Crippen molar-refractivity contribution in [2.75, 3.05) is 38.7 Å². The van der Waals surface area contributed by atoms with E-state index in [1.807, 2.05) is 53.1 Å². The molecule has 1 aromatic carbocycles. The molecule has 0 aliphatic rings. The average molecular weight is 405 g/mol. The summed E-state index contributed by atoms with van der Waals surface area (Å²) in [5, 5.41) is 1.58. The quantitative estimate of drug-likeness (QED) is 0.596. The molecule has 0 radical (unpaired) electrons. The zero-order valence-electron chi connectivity index (χ0n) is 16.3. The van der Waals surface area contributed by atoms with Crippen molar-refractivity contribution in [2.24, 2.45) is 0 Å². The van der Waals surface area contributed by atoms with Crippen molar-refractivity contribution < 1.29 is 9.53 Å². The second kappa shape index (κ2) is 8.33. The van der Waals surface area contributed by atoms with Gasteiger partial charge in [-0.3, -0.25) is 9.69 Å². The van der Waals surface area contributed by atoms with Crippen molar-refractivity contribution >= 4 is 43.9 Å². The van der Waals surface area contributed by atoms with Gasteiger partial charge in [-0.1, -0.05) is 17.4 Å². The molecule has 8 heteroatoms. The second-order valence-corrected chi connectivity index (χ2v) is 8.65. The van der Waals surface area contributed by atoms with E-state index in [0.29, 0.717) is 23.2 Å². The number of nitrogens with zero attached hydrogens (tertiary/aromatic N) is 4. The van der Waals surface area contributed by atoms with Gasteiger partial charge in [0.15, 0.2) is 5.13 Å². The number of aryl methyl sites for hydroxylation is 2. The highest BCUT2D eigenvalue weighted by atomic mass is 32.1. The molecular weight excluding hydrogens is 380 g/mol. The number of benzene rings is 1. The number of aromatic nitrogens is 2. The lowest BCUT2D eigenvalue weighted by Gasteiger charge is -2.21. The molecule has 2 aromatic heterocycles. The Hall–Kier alpha value is -2.03. The van der Waals surface area contributed by atoms with Crippen LogP contribution in [0, 0.1) is 13.8 Å². The predicted molar refractivity (Wildman–Crippen MR) is 113 cm³/mol. The minimum atomic E-state index is -0.0445. The van der Waals surface area contributed by atoms with E-state index >= 15 is 0 Å². The van der Waals surface area contributed by atoms with Crippen molar-refractivity contribution in [3.05, 3.63) is 33.8 Å². The Morgan fingerprint density at radius 2 is 1.93 bits per heavy atom. The molecule has 27 heavy (non-hydrogen) atoms. The number of ether oxygens (including phenoxy) is 1. The zero-order valence-corrected chi connectivity index (χ0v) is 17.9.